The first kappa shape index (κ1) is 8.55. The minimum Gasteiger partial charge on any atom is -0.306 e. The van der Waals surface area contributed by atoms with Crippen molar-refractivity contribution in [1.29, 1.82) is 0 Å². The van der Waals surface area contributed by atoms with Crippen LogP contribution in [-0.2, 0) is 0 Å². The van der Waals surface area contributed by atoms with Crippen LogP contribution in [-0.4, -0.2) is 11.1 Å². The van der Waals surface area contributed by atoms with E-state index in [0.717, 1.165) is 5.92 Å². The summed E-state index contributed by atoms with van der Waals surface area (Å²) in [5.74, 6) is 0.976. The highest BCUT2D eigenvalue weighted by atomic mass is 15.1. The molecule has 0 aromatic carbocycles. The fourth-order valence-corrected chi connectivity index (χ4v) is 3.35. The lowest BCUT2D eigenvalue weighted by Gasteiger charge is -2.41. The number of piperidine rings is 1. The lowest BCUT2D eigenvalue weighted by molar-refractivity contribution is 0.168. The van der Waals surface area contributed by atoms with Crippen LogP contribution in [0.15, 0.2) is 0 Å². The Morgan fingerprint density at radius 1 is 1.17 bits per heavy atom. The normalized spacial score (nSPS) is 52.8. The second-order valence-corrected chi connectivity index (χ2v) is 5.43. The molecule has 2 aliphatic rings. The minimum atomic E-state index is 0.480. The maximum Gasteiger partial charge on any atom is 0.0161 e. The maximum atomic E-state index is 3.81. The molecule has 2 bridgehead atoms. The predicted octanol–water partition coefficient (Wildman–Crippen LogP) is 2.71. The Morgan fingerprint density at radius 2 is 1.67 bits per heavy atom. The van der Waals surface area contributed by atoms with Crippen LogP contribution < -0.4 is 5.32 Å². The summed E-state index contributed by atoms with van der Waals surface area (Å²) in [6.07, 6.45) is 6.95. The molecule has 1 nitrogen and oxygen atoms in total. The van der Waals surface area contributed by atoms with Crippen molar-refractivity contribution in [1.82, 2.24) is 5.32 Å². The third-order valence-corrected chi connectivity index (χ3v) is 3.89. The molecule has 2 heterocycles. The molecule has 2 fully saturated rings. The first-order valence-corrected chi connectivity index (χ1v) is 5.35. The highest BCUT2D eigenvalue weighted by molar-refractivity contribution is 5.07. The summed E-state index contributed by atoms with van der Waals surface area (Å²) in [7, 11) is 0. The number of nitrogens with one attached hydrogen (secondary N) is 1. The predicted molar refractivity (Wildman–Crippen MR) is 52.2 cm³/mol. The van der Waals surface area contributed by atoms with Crippen molar-refractivity contribution in [2.24, 2.45) is 5.92 Å². The standard InChI is InChI=1S/C11H21N/c1-4-9-7-10(2)5-6-11(3,8-9)12-10/h9,12H,4-8H2,1-3H3/t9?,10-,11+. The quantitative estimate of drug-likeness (QED) is 0.633. The monoisotopic (exact) mass is 167 g/mol. The Kier molecular flexibility index (Phi) is 1.76. The van der Waals surface area contributed by atoms with Crippen molar-refractivity contribution >= 4 is 0 Å². The molecule has 0 aromatic rings. The molecule has 2 saturated heterocycles. The van der Waals surface area contributed by atoms with Gasteiger partial charge in [-0.2, -0.15) is 0 Å². The zero-order valence-corrected chi connectivity index (χ0v) is 8.61. The molecule has 1 heteroatoms. The van der Waals surface area contributed by atoms with Crippen molar-refractivity contribution < 1.29 is 0 Å². The molecule has 70 valence electrons. The van der Waals surface area contributed by atoms with Crippen LogP contribution in [0.5, 0.6) is 0 Å². The molecule has 0 aliphatic carbocycles. The lowest BCUT2D eigenvalue weighted by Crippen LogP contribution is -2.53. The number of rotatable bonds is 1. The molecule has 0 spiro atoms. The second kappa shape index (κ2) is 2.47. The Bertz CT molecular complexity index is 171. The summed E-state index contributed by atoms with van der Waals surface area (Å²) < 4.78 is 0. The van der Waals surface area contributed by atoms with E-state index in [1.165, 1.54) is 32.1 Å². The first-order valence-electron chi connectivity index (χ1n) is 5.35. The third kappa shape index (κ3) is 1.28. The summed E-state index contributed by atoms with van der Waals surface area (Å²) >= 11 is 0. The van der Waals surface area contributed by atoms with Crippen molar-refractivity contribution in [2.75, 3.05) is 0 Å². The van der Waals surface area contributed by atoms with Gasteiger partial charge in [-0.3, -0.25) is 0 Å². The Labute approximate surface area is 75.9 Å². The van der Waals surface area contributed by atoms with E-state index in [1.54, 1.807) is 0 Å². The summed E-state index contributed by atoms with van der Waals surface area (Å²) in [5, 5.41) is 3.81. The van der Waals surface area contributed by atoms with Gasteiger partial charge in [0, 0.05) is 11.1 Å². The van der Waals surface area contributed by atoms with Crippen LogP contribution in [0.2, 0.25) is 0 Å². The highest BCUT2D eigenvalue weighted by Gasteiger charge is 2.47. The summed E-state index contributed by atoms with van der Waals surface area (Å²) in [5.41, 5.74) is 0.960. The van der Waals surface area contributed by atoms with Crippen LogP contribution in [0.3, 0.4) is 0 Å². The fourth-order valence-electron chi connectivity index (χ4n) is 3.35. The van der Waals surface area contributed by atoms with Crippen LogP contribution in [0, 0.1) is 5.92 Å². The fraction of sp³-hybridized carbons (Fsp3) is 1.00. The molecular weight excluding hydrogens is 146 g/mol. The van der Waals surface area contributed by atoms with E-state index < -0.39 is 0 Å². The Balaban J connectivity index is 2.16. The zero-order chi connectivity index (χ0) is 8.82. The van der Waals surface area contributed by atoms with Crippen molar-refractivity contribution in [3.05, 3.63) is 0 Å². The highest BCUT2D eigenvalue weighted by Crippen LogP contribution is 2.45. The topological polar surface area (TPSA) is 12.0 Å². The molecule has 2 rings (SSSR count). The Morgan fingerprint density at radius 3 is 2.08 bits per heavy atom. The molecule has 2 aliphatic heterocycles. The average Bonchev–Trinajstić information content (AvgIpc) is 2.20. The molecule has 0 radical (unpaired) electrons. The van der Waals surface area contributed by atoms with Gasteiger partial charge in [-0.15, -0.1) is 0 Å². The molecule has 0 saturated carbocycles. The van der Waals surface area contributed by atoms with Gasteiger partial charge in [-0.05, 0) is 45.4 Å². The van der Waals surface area contributed by atoms with Gasteiger partial charge in [0.15, 0.2) is 0 Å². The lowest BCUT2D eigenvalue weighted by atomic mass is 9.79. The van der Waals surface area contributed by atoms with Gasteiger partial charge in [0.1, 0.15) is 0 Å². The first-order chi connectivity index (χ1) is 5.55. The van der Waals surface area contributed by atoms with Gasteiger partial charge in [-0.1, -0.05) is 13.3 Å². The summed E-state index contributed by atoms with van der Waals surface area (Å²) in [4.78, 5) is 0. The van der Waals surface area contributed by atoms with Gasteiger partial charge >= 0.3 is 0 Å². The number of hydrogen-bond acceptors (Lipinski definition) is 1. The summed E-state index contributed by atoms with van der Waals surface area (Å²) in [6, 6.07) is 0. The van der Waals surface area contributed by atoms with E-state index in [9.17, 15) is 0 Å². The van der Waals surface area contributed by atoms with E-state index in [-0.39, 0.29) is 0 Å². The third-order valence-electron chi connectivity index (χ3n) is 3.89. The van der Waals surface area contributed by atoms with Crippen LogP contribution >= 0.6 is 0 Å². The molecule has 3 atom stereocenters. The van der Waals surface area contributed by atoms with Gasteiger partial charge in [-0.25, -0.2) is 0 Å². The van der Waals surface area contributed by atoms with E-state index in [1.807, 2.05) is 0 Å². The van der Waals surface area contributed by atoms with Gasteiger partial charge in [0.05, 0.1) is 0 Å². The molecule has 0 aromatic heterocycles. The number of fused-ring (bicyclic) bond motifs is 2. The van der Waals surface area contributed by atoms with Gasteiger partial charge in [0.25, 0.3) is 0 Å². The van der Waals surface area contributed by atoms with Gasteiger partial charge < -0.3 is 5.32 Å². The smallest absolute Gasteiger partial charge is 0.0161 e. The maximum absolute atomic E-state index is 3.81. The zero-order valence-electron chi connectivity index (χ0n) is 8.61. The SMILES string of the molecule is CCC1C[C@]2(C)CC[C@](C)(C1)N2. The van der Waals surface area contributed by atoms with Crippen molar-refractivity contribution in [3.63, 3.8) is 0 Å². The minimum absolute atomic E-state index is 0.480. The van der Waals surface area contributed by atoms with E-state index in [2.05, 4.69) is 26.1 Å². The largest absolute Gasteiger partial charge is 0.306 e. The van der Waals surface area contributed by atoms with Crippen molar-refractivity contribution in [2.45, 2.75) is 64.0 Å². The number of hydrogen-bond donors (Lipinski definition) is 1. The molecule has 0 amide bonds. The van der Waals surface area contributed by atoms with E-state index >= 15 is 0 Å². The van der Waals surface area contributed by atoms with Crippen LogP contribution in [0.1, 0.15) is 52.9 Å². The molecule has 12 heavy (non-hydrogen) atoms. The summed E-state index contributed by atoms with van der Waals surface area (Å²) in [6.45, 7) is 7.14. The van der Waals surface area contributed by atoms with Crippen molar-refractivity contribution in [3.8, 4) is 0 Å². The van der Waals surface area contributed by atoms with E-state index in [4.69, 9.17) is 0 Å². The molecular formula is C11H21N. The molecule has 1 unspecified atom stereocenters. The molecule has 1 N–H and O–H groups in total. The second-order valence-electron chi connectivity index (χ2n) is 5.43. The van der Waals surface area contributed by atoms with Gasteiger partial charge in [0.2, 0.25) is 0 Å². The van der Waals surface area contributed by atoms with Crippen LogP contribution in [0.4, 0.5) is 0 Å². The Hall–Kier alpha value is -0.0400. The average molecular weight is 167 g/mol. The van der Waals surface area contributed by atoms with E-state index in [0.29, 0.717) is 11.1 Å². The van der Waals surface area contributed by atoms with Crippen LogP contribution in [0.25, 0.3) is 0 Å².